The number of ether oxygens (including phenoxy) is 1. The van der Waals surface area contributed by atoms with Crippen molar-refractivity contribution in [3.8, 4) is 5.75 Å². The van der Waals surface area contributed by atoms with Crippen LogP contribution >= 0.6 is 0 Å². The van der Waals surface area contributed by atoms with Crippen LogP contribution in [0.4, 0.5) is 0 Å². The van der Waals surface area contributed by atoms with Crippen molar-refractivity contribution in [2.75, 3.05) is 33.8 Å². The number of hydrogen-bond acceptors (Lipinski definition) is 3. The number of likely N-dealkylation sites (tertiary alicyclic amines) is 1. The molecule has 5 nitrogen and oxygen atoms in total. The fraction of sp³-hybridized carbons (Fsp3) is 0.400. The number of carbonyl (C=O) groups excluding carboxylic acids is 2. The van der Waals surface area contributed by atoms with E-state index in [1.165, 1.54) is 0 Å². The highest BCUT2D eigenvalue weighted by Crippen LogP contribution is 2.22. The summed E-state index contributed by atoms with van der Waals surface area (Å²) in [5, 5.41) is 2.24. The minimum Gasteiger partial charge on any atom is -0.484 e. The number of fused-ring (bicyclic) bond motifs is 1. The van der Waals surface area contributed by atoms with Crippen LogP contribution in [0.1, 0.15) is 12.8 Å². The summed E-state index contributed by atoms with van der Waals surface area (Å²) in [5.41, 5.74) is 0. The van der Waals surface area contributed by atoms with E-state index in [4.69, 9.17) is 4.74 Å². The lowest BCUT2D eigenvalue weighted by Crippen LogP contribution is -2.44. The quantitative estimate of drug-likeness (QED) is 0.859. The first-order valence-electron chi connectivity index (χ1n) is 8.65. The fourth-order valence-corrected chi connectivity index (χ4v) is 3.23. The fourth-order valence-electron chi connectivity index (χ4n) is 3.23. The average molecular weight is 340 g/mol. The van der Waals surface area contributed by atoms with Gasteiger partial charge >= 0.3 is 0 Å². The topological polar surface area (TPSA) is 49.9 Å². The standard InChI is InChI=1S/C20H24N2O3/c1-21(2)20(24)16-9-11-22(12-10-16)19(23)14-25-18-8-7-15-5-3-4-6-17(15)13-18/h3-8,13,16H,9-12,14H2,1-2H3. The highest BCUT2D eigenvalue weighted by Gasteiger charge is 2.28. The van der Waals surface area contributed by atoms with Crippen LogP contribution in [-0.4, -0.2) is 55.4 Å². The van der Waals surface area contributed by atoms with Crippen molar-refractivity contribution in [2.24, 2.45) is 5.92 Å². The van der Waals surface area contributed by atoms with Crippen LogP contribution in [0.2, 0.25) is 0 Å². The molecule has 0 aromatic heterocycles. The van der Waals surface area contributed by atoms with Crippen LogP contribution in [0.15, 0.2) is 42.5 Å². The minimum absolute atomic E-state index is 0.0242. The summed E-state index contributed by atoms with van der Waals surface area (Å²) in [7, 11) is 3.55. The Morgan fingerprint density at radius 3 is 2.44 bits per heavy atom. The minimum atomic E-state index is -0.0242. The van der Waals surface area contributed by atoms with E-state index < -0.39 is 0 Å². The molecule has 0 spiro atoms. The number of nitrogens with zero attached hydrogens (tertiary/aromatic N) is 2. The highest BCUT2D eigenvalue weighted by atomic mass is 16.5. The Labute approximate surface area is 148 Å². The first kappa shape index (κ1) is 17.3. The van der Waals surface area contributed by atoms with Gasteiger partial charge in [0, 0.05) is 33.1 Å². The summed E-state index contributed by atoms with van der Waals surface area (Å²) in [6, 6.07) is 13.9. The largest absolute Gasteiger partial charge is 0.484 e. The zero-order chi connectivity index (χ0) is 17.8. The third-order valence-electron chi connectivity index (χ3n) is 4.72. The first-order valence-corrected chi connectivity index (χ1v) is 8.65. The number of hydrogen-bond donors (Lipinski definition) is 0. The van der Waals surface area contributed by atoms with Gasteiger partial charge in [-0.1, -0.05) is 30.3 Å². The van der Waals surface area contributed by atoms with Gasteiger partial charge in [0.15, 0.2) is 6.61 Å². The molecule has 0 aliphatic carbocycles. The normalized spacial score (nSPS) is 15.2. The Morgan fingerprint density at radius 2 is 1.76 bits per heavy atom. The third kappa shape index (κ3) is 4.10. The van der Waals surface area contributed by atoms with Gasteiger partial charge in [0.2, 0.25) is 5.91 Å². The van der Waals surface area contributed by atoms with Gasteiger partial charge in [-0.15, -0.1) is 0 Å². The Balaban J connectivity index is 1.52. The van der Waals surface area contributed by atoms with E-state index in [2.05, 4.69) is 0 Å². The Morgan fingerprint density at radius 1 is 1.08 bits per heavy atom. The van der Waals surface area contributed by atoms with Crippen LogP contribution < -0.4 is 4.74 Å². The molecule has 0 N–H and O–H groups in total. The second-order valence-electron chi connectivity index (χ2n) is 6.69. The second kappa shape index (κ2) is 7.55. The molecule has 0 unspecified atom stereocenters. The SMILES string of the molecule is CN(C)C(=O)C1CCN(C(=O)COc2ccc3ccccc3c2)CC1. The molecule has 2 aromatic rings. The zero-order valence-corrected chi connectivity index (χ0v) is 14.8. The van der Waals surface area contributed by atoms with Crippen molar-refractivity contribution in [1.29, 1.82) is 0 Å². The van der Waals surface area contributed by atoms with Crippen molar-refractivity contribution in [3.63, 3.8) is 0 Å². The zero-order valence-electron chi connectivity index (χ0n) is 14.8. The molecule has 1 fully saturated rings. The van der Waals surface area contributed by atoms with Gasteiger partial charge in [-0.05, 0) is 35.7 Å². The van der Waals surface area contributed by atoms with Crippen LogP contribution in [0.5, 0.6) is 5.75 Å². The molecule has 0 atom stereocenters. The van der Waals surface area contributed by atoms with Gasteiger partial charge < -0.3 is 14.5 Å². The van der Waals surface area contributed by atoms with Crippen molar-refractivity contribution in [2.45, 2.75) is 12.8 Å². The molecule has 1 saturated heterocycles. The monoisotopic (exact) mass is 340 g/mol. The molecule has 5 heteroatoms. The molecule has 0 radical (unpaired) electrons. The molecular formula is C20H24N2O3. The lowest BCUT2D eigenvalue weighted by Gasteiger charge is -2.32. The summed E-state index contributed by atoms with van der Waals surface area (Å²) in [6.45, 7) is 1.26. The van der Waals surface area contributed by atoms with Gasteiger partial charge in [-0.2, -0.15) is 0 Å². The number of amides is 2. The van der Waals surface area contributed by atoms with Gasteiger partial charge in [0.1, 0.15) is 5.75 Å². The summed E-state index contributed by atoms with van der Waals surface area (Å²) < 4.78 is 5.68. The molecule has 0 bridgehead atoms. The van der Waals surface area contributed by atoms with Crippen molar-refractivity contribution < 1.29 is 14.3 Å². The van der Waals surface area contributed by atoms with Crippen molar-refractivity contribution in [3.05, 3.63) is 42.5 Å². The van der Waals surface area contributed by atoms with Gasteiger partial charge in [-0.25, -0.2) is 0 Å². The molecule has 1 aliphatic heterocycles. The maximum absolute atomic E-state index is 12.4. The van der Waals surface area contributed by atoms with Gasteiger partial charge in [-0.3, -0.25) is 9.59 Å². The first-order chi connectivity index (χ1) is 12.0. The van der Waals surface area contributed by atoms with E-state index >= 15 is 0 Å². The number of carbonyl (C=O) groups is 2. The lowest BCUT2D eigenvalue weighted by molar-refractivity contribution is -0.140. The van der Waals surface area contributed by atoms with E-state index in [0.717, 1.165) is 23.6 Å². The average Bonchev–Trinajstić information content (AvgIpc) is 2.65. The molecule has 1 heterocycles. The van der Waals surface area contributed by atoms with Crippen molar-refractivity contribution in [1.82, 2.24) is 9.80 Å². The Kier molecular flexibility index (Phi) is 5.22. The summed E-state index contributed by atoms with van der Waals surface area (Å²) in [6.07, 6.45) is 1.44. The maximum Gasteiger partial charge on any atom is 0.260 e. The molecule has 25 heavy (non-hydrogen) atoms. The van der Waals surface area contributed by atoms with E-state index in [-0.39, 0.29) is 24.3 Å². The molecule has 0 saturated carbocycles. The summed E-state index contributed by atoms with van der Waals surface area (Å²) in [4.78, 5) is 27.8. The molecule has 132 valence electrons. The van der Waals surface area contributed by atoms with Crippen LogP contribution in [0.25, 0.3) is 10.8 Å². The number of benzene rings is 2. The van der Waals surface area contributed by atoms with Gasteiger partial charge in [0.05, 0.1) is 0 Å². The Hall–Kier alpha value is -2.56. The highest BCUT2D eigenvalue weighted by molar-refractivity contribution is 5.84. The lowest BCUT2D eigenvalue weighted by atomic mass is 9.95. The number of piperidine rings is 1. The van der Waals surface area contributed by atoms with Crippen LogP contribution in [-0.2, 0) is 9.59 Å². The maximum atomic E-state index is 12.4. The molecule has 2 aromatic carbocycles. The predicted octanol–water partition coefficient (Wildman–Crippen LogP) is 2.55. The predicted molar refractivity (Wildman–Crippen MR) is 97.4 cm³/mol. The van der Waals surface area contributed by atoms with Crippen LogP contribution in [0, 0.1) is 5.92 Å². The third-order valence-corrected chi connectivity index (χ3v) is 4.72. The number of rotatable bonds is 4. The summed E-state index contributed by atoms with van der Waals surface area (Å²) in [5.74, 6) is 0.855. The molecule has 1 aliphatic rings. The van der Waals surface area contributed by atoms with E-state index in [0.29, 0.717) is 18.8 Å². The summed E-state index contributed by atoms with van der Waals surface area (Å²) >= 11 is 0. The molecule has 3 rings (SSSR count). The van der Waals surface area contributed by atoms with E-state index in [1.54, 1.807) is 23.9 Å². The van der Waals surface area contributed by atoms with Crippen molar-refractivity contribution >= 4 is 22.6 Å². The molecular weight excluding hydrogens is 316 g/mol. The second-order valence-corrected chi connectivity index (χ2v) is 6.69. The Bertz CT molecular complexity index is 764. The molecule has 2 amide bonds. The van der Waals surface area contributed by atoms with Gasteiger partial charge in [0.25, 0.3) is 5.91 Å². The van der Waals surface area contributed by atoms with Crippen LogP contribution in [0.3, 0.4) is 0 Å². The van der Waals surface area contributed by atoms with E-state index in [1.807, 2.05) is 42.5 Å². The van der Waals surface area contributed by atoms with E-state index in [9.17, 15) is 9.59 Å². The smallest absolute Gasteiger partial charge is 0.260 e.